The van der Waals surface area contributed by atoms with Gasteiger partial charge in [0.25, 0.3) is 0 Å². The van der Waals surface area contributed by atoms with Crippen LogP contribution in [0.3, 0.4) is 0 Å². The third kappa shape index (κ3) is 10.9. The van der Waals surface area contributed by atoms with E-state index in [2.05, 4.69) is 63.3 Å². The molecule has 306 valence electrons. The molecule has 7 rings (SSSR count). The summed E-state index contributed by atoms with van der Waals surface area (Å²) < 4.78 is 11.7. The van der Waals surface area contributed by atoms with Gasteiger partial charge in [-0.15, -0.1) is 12.4 Å². The fourth-order valence-electron chi connectivity index (χ4n) is 8.31. The molecule has 56 heavy (non-hydrogen) atoms. The van der Waals surface area contributed by atoms with Crippen molar-refractivity contribution >= 4 is 70.6 Å². The molecule has 2 amide bonds. The van der Waals surface area contributed by atoms with Gasteiger partial charge in [-0.3, -0.25) is 14.5 Å². The number of benzene rings is 3. The zero-order valence-electron chi connectivity index (χ0n) is 32.4. The molecule has 4 fully saturated rings. The minimum atomic E-state index is 0. The van der Waals surface area contributed by atoms with Crippen LogP contribution in [0.25, 0.3) is 0 Å². The Balaban J connectivity index is 0.000000217. The van der Waals surface area contributed by atoms with Crippen molar-refractivity contribution in [3.8, 4) is 0 Å². The number of hydrogen-bond donors (Lipinski definition) is 1. The third-order valence-corrected chi connectivity index (χ3v) is 12.7. The van der Waals surface area contributed by atoms with Crippen LogP contribution >= 0.6 is 58.8 Å². The molecule has 0 unspecified atom stereocenters. The van der Waals surface area contributed by atoms with Crippen molar-refractivity contribution in [2.45, 2.75) is 55.6 Å². The average Bonchev–Trinajstić information content (AvgIpc) is 3.17. The predicted molar refractivity (Wildman–Crippen MR) is 228 cm³/mol. The molecular weight excluding hydrogens is 818 g/mol. The fourth-order valence-corrected chi connectivity index (χ4v) is 8.95. The number of hydrogen-bond acceptors (Lipinski definition) is 8. The van der Waals surface area contributed by atoms with Crippen LogP contribution in [0.5, 0.6) is 0 Å². The zero-order chi connectivity index (χ0) is 39.2. The molecule has 1 N–H and O–H groups in total. The van der Waals surface area contributed by atoms with E-state index in [-0.39, 0.29) is 60.5 Å². The van der Waals surface area contributed by atoms with Crippen LogP contribution < -0.4 is 5.32 Å². The van der Waals surface area contributed by atoms with E-state index in [4.69, 9.17) is 55.9 Å². The number of nitrogens with one attached hydrogen (secondary N) is 1. The van der Waals surface area contributed by atoms with Gasteiger partial charge in [0.1, 0.15) is 0 Å². The van der Waals surface area contributed by atoms with Crippen molar-refractivity contribution in [3.05, 3.63) is 104 Å². The lowest BCUT2D eigenvalue weighted by Crippen LogP contribution is -2.70. The summed E-state index contributed by atoms with van der Waals surface area (Å²) in [5, 5.41) is 5.46. The normalized spacial score (nSPS) is 25.1. The molecule has 4 heterocycles. The summed E-state index contributed by atoms with van der Waals surface area (Å²) in [5.41, 5.74) is 3.05. The van der Waals surface area contributed by atoms with Crippen LogP contribution in [0.15, 0.2) is 66.7 Å². The second kappa shape index (κ2) is 20.7. The number of halogens is 5. The highest BCUT2D eigenvalue weighted by Gasteiger charge is 2.46. The molecule has 4 aliphatic rings. The first-order valence-electron chi connectivity index (χ1n) is 18.9. The standard InChI is InChI=1S/C24H29Cl2N3O2.C17H23Cl2N3O2.ClH/c1-27(2)21-15-31-16-22-24(21)29(11-10-28(22)14-17-6-4-3-5-7-17)23(30)13-18-8-9-19(25)20(26)12-18;1-21(2)15-10-24-9-14-17(15)22(6-5-20-14)16(23)8-11-3-4-12(18)13(19)7-11;/h3-9,12,21-22,24H,10-11,13-16H2,1-2H3;3-4,7,14-15,17,20H,5-6,8-10H2,1-2H3;1H/t21-,22+,24+;14-,15+,17+;/m01./s1. The van der Waals surface area contributed by atoms with Crippen molar-refractivity contribution in [1.29, 1.82) is 0 Å². The number of likely N-dealkylation sites (N-methyl/N-ethyl adjacent to an activating group) is 2. The Hall–Kier alpha value is -2.19. The Morgan fingerprint density at radius 3 is 1.75 bits per heavy atom. The Labute approximate surface area is 357 Å². The highest BCUT2D eigenvalue weighted by atomic mass is 35.5. The molecule has 3 aromatic rings. The molecule has 0 saturated carbocycles. The largest absolute Gasteiger partial charge is 0.378 e. The lowest BCUT2D eigenvalue weighted by atomic mass is 9.91. The SMILES string of the molecule is CN(C)[C@H]1COC[C@@H]2[C@@H]1N(C(=O)Cc1ccc(Cl)c(Cl)c1)CCN2Cc1ccccc1.CN(C)[C@H]1COC[C@H]2NCCN(C(=O)Cc3ccc(Cl)c(Cl)c3)[C@@H]21.Cl. The molecule has 6 atom stereocenters. The number of carbonyl (C=O) groups excluding carboxylic acids is 2. The van der Waals surface area contributed by atoms with Gasteiger partial charge in [-0.05, 0) is 69.1 Å². The zero-order valence-corrected chi connectivity index (χ0v) is 36.2. The second-order valence-electron chi connectivity index (χ2n) is 15.2. The van der Waals surface area contributed by atoms with Gasteiger partial charge >= 0.3 is 0 Å². The fraction of sp³-hybridized carbons (Fsp3) is 0.512. The van der Waals surface area contributed by atoms with Crippen LogP contribution in [0.2, 0.25) is 20.1 Å². The average molecular weight is 871 g/mol. The van der Waals surface area contributed by atoms with Crippen molar-refractivity contribution < 1.29 is 19.1 Å². The first-order valence-corrected chi connectivity index (χ1v) is 20.4. The molecule has 15 heteroatoms. The third-order valence-electron chi connectivity index (χ3n) is 11.2. The topological polar surface area (TPSA) is 80.8 Å². The number of amides is 2. The van der Waals surface area contributed by atoms with E-state index in [1.54, 1.807) is 24.3 Å². The Morgan fingerprint density at radius 1 is 0.661 bits per heavy atom. The summed E-state index contributed by atoms with van der Waals surface area (Å²) in [7, 11) is 8.20. The van der Waals surface area contributed by atoms with Gasteiger partial charge in [0.2, 0.25) is 11.8 Å². The van der Waals surface area contributed by atoms with Crippen LogP contribution in [-0.2, 0) is 38.4 Å². The summed E-state index contributed by atoms with van der Waals surface area (Å²) in [5.74, 6) is 0.250. The number of nitrogens with zero attached hydrogens (tertiary/aromatic N) is 5. The molecule has 0 radical (unpaired) electrons. The van der Waals surface area contributed by atoms with Gasteiger partial charge < -0.3 is 34.4 Å². The summed E-state index contributed by atoms with van der Waals surface area (Å²) in [6, 6.07) is 22.2. The predicted octanol–water partition coefficient (Wildman–Crippen LogP) is 5.67. The molecule has 10 nitrogen and oxygen atoms in total. The maximum absolute atomic E-state index is 13.4. The van der Waals surface area contributed by atoms with Crippen molar-refractivity contribution in [1.82, 2.24) is 29.8 Å². The molecule has 0 bridgehead atoms. The van der Waals surface area contributed by atoms with Crippen LogP contribution in [0, 0.1) is 0 Å². The Kier molecular flexibility index (Phi) is 16.6. The van der Waals surface area contributed by atoms with E-state index in [0.717, 1.165) is 30.8 Å². The summed E-state index contributed by atoms with van der Waals surface area (Å²) in [6.07, 6.45) is 0.654. The number of piperazine rings is 2. The van der Waals surface area contributed by atoms with E-state index in [0.29, 0.717) is 72.4 Å². The van der Waals surface area contributed by atoms with E-state index in [1.807, 2.05) is 37.2 Å². The minimum absolute atomic E-state index is 0. The molecule has 4 saturated heterocycles. The molecular formula is C41H53Cl5N6O4. The Morgan fingerprint density at radius 2 is 1.20 bits per heavy atom. The maximum atomic E-state index is 13.4. The molecule has 0 spiro atoms. The molecule has 0 aromatic heterocycles. The summed E-state index contributed by atoms with van der Waals surface area (Å²) >= 11 is 24.2. The lowest BCUT2D eigenvalue weighted by molar-refractivity contribution is -0.152. The van der Waals surface area contributed by atoms with E-state index in [1.165, 1.54) is 5.56 Å². The van der Waals surface area contributed by atoms with Crippen molar-refractivity contribution in [2.24, 2.45) is 0 Å². The van der Waals surface area contributed by atoms with Gasteiger partial charge in [0, 0.05) is 32.7 Å². The quantitative estimate of drug-likeness (QED) is 0.311. The molecule has 4 aliphatic heterocycles. The van der Waals surface area contributed by atoms with Gasteiger partial charge in [0.05, 0.1) is 95.6 Å². The van der Waals surface area contributed by atoms with Gasteiger partial charge in [-0.1, -0.05) is 88.9 Å². The monoisotopic (exact) mass is 868 g/mol. The van der Waals surface area contributed by atoms with Crippen LogP contribution in [0.1, 0.15) is 16.7 Å². The summed E-state index contributed by atoms with van der Waals surface area (Å²) in [4.78, 5) is 37.3. The molecule has 3 aromatic carbocycles. The van der Waals surface area contributed by atoms with E-state index in [9.17, 15) is 9.59 Å². The highest BCUT2D eigenvalue weighted by molar-refractivity contribution is 6.42. The number of fused-ring (bicyclic) bond motifs is 2. The summed E-state index contributed by atoms with van der Waals surface area (Å²) in [6.45, 7) is 6.45. The number of ether oxygens (including phenoxy) is 2. The number of carbonyl (C=O) groups is 2. The first kappa shape index (κ1) is 44.9. The van der Waals surface area contributed by atoms with Crippen molar-refractivity contribution in [3.63, 3.8) is 0 Å². The van der Waals surface area contributed by atoms with Gasteiger partial charge in [-0.2, -0.15) is 0 Å². The first-order chi connectivity index (χ1) is 26.4. The van der Waals surface area contributed by atoms with Crippen LogP contribution in [0.4, 0.5) is 0 Å². The minimum Gasteiger partial charge on any atom is -0.378 e. The Bertz CT molecular complexity index is 1770. The van der Waals surface area contributed by atoms with Crippen molar-refractivity contribution in [2.75, 3.05) is 80.8 Å². The molecule has 0 aliphatic carbocycles. The van der Waals surface area contributed by atoms with Gasteiger partial charge in [0.15, 0.2) is 0 Å². The lowest BCUT2D eigenvalue weighted by Gasteiger charge is -2.54. The second-order valence-corrected chi connectivity index (χ2v) is 16.9. The van der Waals surface area contributed by atoms with Gasteiger partial charge in [-0.25, -0.2) is 0 Å². The smallest absolute Gasteiger partial charge is 0.227 e. The van der Waals surface area contributed by atoms with E-state index >= 15 is 0 Å². The van der Waals surface area contributed by atoms with Crippen LogP contribution in [-0.4, -0.2) is 153 Å². The number of rotatable bonds is 8. The van der Waals surface area contributed by atoms with E-state index < -0.39 is 0 Å². The highest BCUT2D eigenvalue weighted by Crippen LogP contribution is 2.30. The maximum Gasteiger partial charge on any atom is 0.227 e.